The van der Waals surface area contributed by atoms with Crippen molar-refractivity contribution in [3.63, 3.8) is 0 Å². The number of hydrogen-bond donors (Lipinski definition) is 0. The molecule has 0 saturated carbocycles. The predicted molar refractivity (Wildman–Crippen MR) is 151 cm³/mol. The topological polar surface area (TPSA) is 43.4 Å². The van der Waals surface area contributed by atoms with Crippen molar-refractivity contribution in [3.8, 4) is 0 Å². The summed E-state index contributed by atoms with van der Waals surface area (Å²) in [5, 5.41) is 0. The summed E-state index contributed by atoms with van der Waals surface area (Å²) in [6.45, 7) is 13.0. The van der Waals surface area contributed by atoms with E-state index in [0.29, 0.717) is 17.7 Å². The second-order valence-corrected chi connectivity index (χ2v) is 11.3. The van der Waals surface area contributed by atoms with Crippen LogP contribution >= 0.6 is 0 Å². The predicted octanol–water partition coefficient (Wildman–Crippen LogP) is 9.03. The van der Waals surface area contributed by atoms with Gasteiger partial charge in [0.25, 0.3) is 0 Å². The summed E-state index contributed by atoms with van der Waals surface area (Å²) in [6.07, 6.45) is 12.3. The van der Waals surface area contributed by atoms with Crippen LogP contribution in [0, 0.1) is 13.8 Å². The first kappa shape index (κ1) is 29.8. The monoisotopic (exact) mass is 492 g/mol. The van der Waals surface area contributed by atoms with Crippen LogP contribution < -0.4 is 0 Å². The summed E-state index contributed by atoms with van der Waals surface area (Å²) >= 11 is 0. The number of aryl methyl sites for hydroxylation is 2. The van der Waals surface area contributed by atoms with Gasteiger partial charge in [0.05, 0.1) is 6.61 Å². The zero-order valence-electron chi connectivity index (χ0n) is 23.6. The fraction of sp³-hybridized carbons (Fsp3) is 0.576. The maximum atomic E-state index is 13.8. The molecule has 0 aliphatic rings. The Morgan fingerprint density at radius 3 is 1.78 bits per heavy atom. The molecule has 198 valence electrons. The van der Waals surface area contributed by atoms with E-state index in [1.807, 2.05) is 44.2 Å². The molecule has 0 aliphatic heterocycles. The Hall–Kier alpha value is -2.42. The molecule has 0 aliphatic carbocycles. The van der Waals surface area contributed by atoms with E-state index < -0.39 is 11.9 Å². The quantitative estimate of drug-likeness (QED) is 0.108. The van der Waals surface area contributed by atoms with E-state index in [2.05, 4.69) is 39.8 Å². The molecule has 0 bridgehead atoms. The highest BCUT2D eigenvalue weighted by Crippen LogP contribution is 2.31. The normalized spacial score (nSPS) is 12.4. The summed E-state index contributed by atoms with van der Waals surface area (Å²) in [6, 6.07) is 13.5. The summed E-state index contributed by atoms with van der Waals surface area (Å²) in [5.41, 5.74) is 4.32. The molecule has 2 rings (SSSR count). The van der Waals surface area contributed by atoms with Crippen molar-refractivity contribution >= 4 is 11.8 Å². The van der Waals surface area contributed by atoms with E-state index in [9.17, 15) is 9.59 Å². The zero-order chi connectivity index (χ0) is 26.6. The van der Waals surface area contributed by atoms with Crippen LogP contribution in [0.1, 0.15) is 130 Å². The van der Waals surface area contributed by atoms with Gasteiger partial charge in [-0.25, -0.2) is 0 Å². The van der Waals surface area contributed by atoms with Gasteiger partial charge in [-0.05, 0) is 47.9 Å². The second kappa shape index (κ2) is 15.0. The van der Waals surface area contributed by atoms with Crippen LogP contribution in [0.25, 0.3) is 0 Å². The summed E-state index contributed by atoms with van der Waals surface area (Å²) < 4.78 is 5.67. The molecule has 0 heterocycles. The van der Waals surface area contributed by atoms with Crippen LogP contribution in [0.4, 0.5) is 0 Å². The molecule has 1 unspecified atom stereocenters. The minimum absolute atomic E-state index is 0.0100. The SMILES string of the molecule is CCCCCCCCCCCCOC(=O)C(C(=O)c1c(C)cc(C(C)(C)C)cc1C)c1ccccc1. The molecule has 0 radical (unpaired) electrons. The molecule has 1 atom stereocenters. The number of benzene rings is 2. The van der Waals surface area contributed by atoms with Gasteiger partial charge in [-0.1, -0.05) is 128 Å². The van der Waals surface area contributed by atoms with Gasteiger partial charge in [0.15, 0.2) is 5.78 Å². The lowest BCUT2D eigenvalue weighted by Gasteiger charge is -2.23. The van der Waals surface area contributed by atoms with Gasteiger partial charge in [0, 0.05) is 5.56 Å². The van der Waals surface area contributed by atoms with Crippen molar-refractivity contribution in [1.29, 1.82) is 0 Å². The molecule has 36 heavy (non-hydrogen) atoms. The molecule has 0 spiro atoms. The number of carbonyl (C=O) groups is 2. The first-order chi connectivity index (χ1) is 17.2. The Bertz CT molecular complexity index is 930. The zero-order valence-corrected chi connectivity index (χ0v) is 23.6. The lowest BCUT2D eigenvalue weighted by molar-refractivity contribution is -0.144. The fourth-order valence-corrected chi connectivity index (χ4v) is 4.82. The molecule has 0 saturated heterocycles. The van der Waals surface area contributed by atoms with Gasteiger partial charge in [0.2, 0.25) is 0 Å². The first-order valence-electron chi connectivity index (χ1n) is 14.0. The summed E-state index contributed by atoms with van der Waals surface area (Å²) in [7, 11) is 0. The number of esters is 1. The Morgan fingerprint density at radius 1 is 0.778 bits per heavy atom. The number of hydrogen-bond acceptors (Lipinski definition) is 3. The molecule has 0 aromatic heterocycles. The van der Waals surface area contributed by atoms with Crippen molar-refractivity contribution in [1.82, 2.24) is 0 Å². The minimum Gasteiger partial charge on any atom is -0.465 e. The molecule has 3 nitrogen and oxygen atoms in total. The maximum Gasteiger partial charge on any atom is 0.321 e. The van der Waals surface area contributed by atoms with E-state index in [1.54, 1.807) is 0 Å². The van der Waals surface area contributed by atoms with Gasteiger partial charge in [-0.15, -0.1) is 0 Å². The highest BCUT2D eigenvalue weighted by Gasteiger charge is 2.33. The number of ether oxygens (including phenoxy) is 1. The minimum atomic E-state index is -0.938. The second-order valence-electron chi connectivity index (χ2n) is 11.3. The number of Topliss-reactive ketones (excluding diaryl/α,β-unsaturated/α-hetero) is 1. The van der Waals surface area contributed by atoms with Crippen LogP contribution in [-0.2, 0) is 14.9 Å². The molecular weight excluding hydrogens is 444 g/mol. The van der Waals surface area contributed by atoms with Gasteiger partial charge >= 0.3 is 5.97 Å². The lowest BCUT2D eigenvalue weighted by Crippen LogP contribution is -2.26. The largest absolute Gasteiger partial charge is 0.465 e. The third-order valence-corrected chi connectivity index (χ3v) is 7.02. The highest BCUT2D eigenvalue weighted by molar-refractivity contribution is 6.14. The van der Waals surface area contributed by atoms with Crippen LogP contribution in [0.5, 0.6) is 0 Å². The number of rotatable bonds is 15. The van der Waals surface area contributed by atoms with Crippen molar-refractivity contribution in [2.24, 2.45) is 0 Å². The highest BCUT2D eigenvalue weighted by atomic mass is 16.5. The van der Waals surface area contributed by atoms with Gasteiger partial charge in [0.1, 0.15) is 5.92 Å². The van der Waals surface area contributed by atoms with Crippen LogP contribution in [0.2, 0.25) is 0 Å². The Labute approximate surface area is 220 Å². The average Bonchev–Trinajstić information content (AvgIpc) is 2.82. The molecular formula is C33H48O3. The van der Waals surface area contributed by atoms with E-state index in [-0.39, 0.29) is 11.2 Å². The lowest BCUT2D eigenvalue weighted by atomic mass is 9.81. The van der Waals surface area contributed by atoms with Crippen LogP contribution in [0.3, 0.4) is 0 Å². The standard InChI is InChI=1S/C33H48O3/c1-7-8-9-10-11-12-13-14-15-19-22-36-32(35)30(27-20-17-16-18-21-27)31(34)29-25(2)23-28(24-26(29)3)33(4,5)6/h16-18,20-21,23-24,30H,7-15,19,22H2,1-6H3. The molecule has 3 heteroatoms. The van der Waals surface area contributed by atoms with E-state index >= 15 is 0 Å². The number of unbranched alkanes of at least 4 members (excludes halogenated alkanes) is 9. The van der Waals surface area contributed by atoms with Crippen molar-refractivity contribution in [3.05, 3.63) is 70.3 Å². The van der Waals surface area contributed by atoms with E-state index in [4.69, 9.17) is 4.74 Å². The van der Waals surface area contributed by atoms with Crippen molar-refractivity contribution < 1.29 is 14.3 Å². The molecule has 2 aromatic rings. The van der Waals surface area contributed by atoms with E-state index in [1.165, 1.54) is 56.9 Å². The Balaban J connectivity index is 2.00. The average molecular weight is 493 g/mol. The molecule has 0 N–H and O–H groups in total. The molecule has 2 aromatic carbocycles. The smallest absolute Gasteiger partial charge is 0.321 e. The molecule has 0 amide bonds. The number of carbonyl (C=O) groups excluding carboxylic acids is 2. The van der Waals surface area contributed by atoms with Gasteiger partial charge in [-0.3, -0.25) is 9.59 Å². The van der Waals surface area contributed by atoms with Crippen molar-refractivity contribution in [2.45, 2.75) is 117 Å². The third-order valence-electron chi connectivity index (χ3n) is 7.02. The first-order valence-corrected chi connectivity index (χ1v) is 14.0. The summed E-state index contributed by atoms with van der Waals surface area (Å²) in [5.74, 6) is -1.56. The van der Waals surface area contributed by atoms with Crippen molar-refractivity contribution in [2.75, 3.05) is 6.61 Å². The van der Waals surface area contributed by atoms with Gasteiger partial charge < -0.3 is 4.74 Å². The van der Waals surface area contributed by atoms with Crippen LogP contribution in [-0.4, -0.2) is 18.4 Å². The third kappa shape index (κ3) is 9.22. The Morgan fingerprint density at radius 2 is 1.28 bits per heavy atom. The van der Waals surface area contributed by atoms with Crippen LogP contribution in [0.15, 0.2) is 42.5 Å². The Kier molecular flexibility index (Phi) is 12.4. The maximum absolute atomic E-state index is 13.8. The summed E-state index contributed by atoms with van der Waals surface area (Å²) in [4.78, 5) is 27.0. The van der Waals surface area contributed by atoms with Gasteiger partial charge in [-0.2, -0.15) is 0 Å². The fourth-order valence-electron chi connectivity index (χ4n) is 4.82. The van der Waals surface area contributed by atoms with E-state index in [0.717, 1.165) is 24.0 Å². The number of ketones is 1. The molecule has 0 fully saturated rings.